The van der Waals surface area contributed by atoms with E-state index in [1.165, 1.54) is 11.3 Å². The largest absolute Gasteiger partial charge is 0.383 e. The van der Waals surface area contributed by atoms with Gasteiger partial charge in [0.25, 0.3) is 5.91 Å². The van der Waals surface area contributed by atoms with Gasteiger partial charge in [0, 0.05) is 24.6 Å². The molecule has 2 aromatic rings. The standard InChI is InChI=1S/C18H25ClN2O2S/c1-4-6-13(7-5-2)17(22)20-18-21(10-11-23-3)15-9-8-14(19)12-16(15)24-18/h8-9,12-13H,4-7,10-11H2,1-3H3. The van der Waals surface area contributed by atoms with Crippen LogP contribution in [0.25, 0.3) is 10.2 Å². The molecule has 0 bridgehead atoms. The van der Waals surface area contributed by atoms with E-state index >= 15 is 0 Å². The lowest BCUT2D eigenvalue weighted by Crippen LogP contribution is -2.22. The summed E-state index contributed by atoms with van der Waals surface area (Å²) in [6.07, 6.45) is 3.78. The van der Waals surface area contributed by atoms with Crippen molar-refractivity contribution in [3.8, 4) is 0 Å². The van der Waals surface area contributed by atoms with Crippen LogP contribution in [0.2, 0.25) is 5.02 Å². The molecule has 1 aromatic heterocycles. The fourth-order valence-electron chi connectivity index (χ4n) is 2.80. The number of rotatable bonds is 8. The van der Waals surface area contributed by atoms with Crippen molar-refractivity contribution in [2.24, 2.45) is 10.9 Å². The second kappa shape index (κ2) is 9.35. The van der Waals surface area contributed by atoms with E-state index in [4.69, 9.17) is 16.3 Å². The lowest BCUT2D eigenvalue weighted by molar-refractivity contribution is -0.122. The van der Waals surface area contributed by atoms with Gasteiger partial charge >= 0.3 is 0 Å². The van der Waals surface area contributed by atoms with Crippen LogP contribution in [0.15, 0.2) is 23.2 Å². The summed E-state index contributed by atoms with van der Waals surface area (Å²) in [5.41, 5.74) is 1.04. The van der Waals surface area contributed by atoms with Crippen molar-refractivity contribution in [2.75, 3.05) is 13.7 Å². The van der Waals surface area contributed by atoms with Crippen LogP contribution in [0.1, 0.15) is 39.5 Å². The molecule has 4 nitrogen and oxygen atoms in total. The fourth-order valence-corrected chi connectivity index (χ4v) is 4.14. The first kappa shape index (κ1) is 19.2. The Morgan fingerprint density at radius 3 is 2.67 bits per heavy atom. The highest BCUT2D eigenvalue weighted by molar-refractivity contribution is 7.16. The minimum atomic E-state index is -0.0116. The third-order valence-electron chi connectivity index (χ3n) is 3.99. The third kappa shape index (κ3) is 4.68. The summed E-state index contributed by atoms with van der Waals surface area (Å²) in [7, 11) is 1.67. The Balaban J connectivity index is 2.46. The van der Waals surface area contributed by atoms with Crippen LogP contribution in [0, 0.1) is 5.92 Å². The number of methoxy groups -OCH3 is 1. The van der Waals surface area contributed by atoms with Gasteiger partial charge in [-0.2, -0.15) is 4.99 Å². The number of carbonyl (C=O) groups is 1. The van der Waals surface area contributed by atoms with E-state index < -0.39 is 0 Å². The molecule has 0 aliphatic carbocycles. The van der Waals surface area contributed by atoms with Gasteiger partial charge in [0.15, 0.2) is 4.80 Å². The topological polar surface area (TPSA) is 43.6 Å². The first-order valence-electron chi connectivity index (χ1n) is 8.47. The van der Waals surface area contributed by atoms with E-state index in [1.807, 2.05) is 22.8 Å². The molecule has 24 heavy (non-hydrogen) atoms. The zero-order chi connectivity index (χ0) is 17.5. The second-order valence-electron chi connectivity index (χ2n) is 5.87. The van der Waals surface area contributed by atoms with Crippen molar-refractivity contribution >= 4 is 39.1 Å². The maximum absolute atomic E-state index is 12.6. The van der Waals surface area contributed by atoms with Crippen LogP contribution < -0.4 is 4.80 Å². The Morgan fingerprint density at radius 2 is 2.04 bits per heavy atom. The van der Waals surface area contributed by atoms with Crippen molar-refractivity contribution in [1.29, 1.82) is 0 Å². The first-order chi connectivity index (χ1) is 11.6. The first-order valence-corrected chi connectivity index (χ1v) is 9.66. The van der Waals surface area contributed by atoms with Crippen LogP contribution in [0.5, 0.6) is 0 Å². The van der Waals surface area contributed by atoms with Crippen LogP contribution in [-0.2, 0) is 16.1 Å². The molecular formula is C18H25ClN2O2S. The van der Waals surface area contributed by atoms with E-state index in [0.29, 0.717) is 18.2 Å². The molecule has 1 heterocycles. The Bertz CT molecular complexity index is 745. The number of nitrogens with zero attached hydrogens (tertiary/aromatic N) is 2. The number of fused-ring (bicyclic) bond motifs is 1. The summed E-state index contributed by atoms with van der Waals surface area (Å²) >= 11 is 7.60. The van der Waals surface area contributed by atoms with E-state index in [0.717, 1.165) is 40.7 Å². The SMILES string of the molecule is CCCC(CCC)C(=O)N=c1sc2cc(Cl)ccc2n1CCOC. The van der Waals surface area contributed by atoms with Gasteiger partial charge in [-0.15, -0.1) is 0 Å². The normalized spacial score (nSPS) is 12.5. The van der Waals surface area contributed by atoms with Gasteiger partial charge in [-0.25, -0.2) is 0 Å². The fraction of sp³-hybridized carbons (Fsp3) is 0.556. The van der Waals surface area contributed by atoms with Crippen LogP contribution in [-0.4, -0.2) is 24.2 Å². The number of amides is 1. The average Bonchev–Trinajstić information content (AvgIpc) is 2.88. The van der Waals surface area contributed by atoms with Gasteiger partial charge in [-0.05, 0) is 31.0 Å². The number of hydrogen-bond donors (Lipinski definition) is 0. The molecule has 0 saturated carbocycles. The molecule has 2 rings (SSSR count). The summed E-state index contributed by atoms with van der Waals surface area (Å²) in [5.74, 6) is 0.00666. The second-order valence-corrected chi connectivity index (χ2v) is 7.31. The molecular weight excluding hydrogens is 344 g/mol. The molecule has 6 heteroatoms. The molecule has 1 aromatic carbocycles. The van der Waals surface area contributed by atoms with Crippen molar-refractivity contribution in [3.05, 3.63) is 28.0 Å². The highest BCUT2D eigenvalue weighted by Gasteiger charge is 2.17. The number of halogens is 1. The molecule has 0 radical (unpaired) electrons. The lowest BCUT2D eigenvalue weighted by atomic mass is 9.98. The highest BCUT2D eigenvalue weighted by atomic mass is 35.5. The van der Waals surface area contributed by atoms with Crippen LogP contribution in [0.3, 0.4) is 0 Å². The predicted molar refractivity (Wildman–Crippen MR) is 101 cm³/mol. The number of thiazole rings is 1. The zero-order valence-electron chi connectivity index (χ0n) is 14.5. The minimum Gasteiger partial charge on any atom is -0.383 e. The van der Waals surface area contributed by atoms with E-state index in [1.54, 1.807) is 7.11 Å². The Labute approximate surface area is 152 Å². The summed E-state index contributed by atoms with van der Waals surface area (Å²) in [4.78, 5) is 17.8. The van der Waals surface area contributed by atoms with Crippen LogP contribution in [0.4, 0.5) is 0 Å². The zero-order valence-corrected chi connectivity index (χ0v) is 16.1. The number of ether oxygens (including phenoxy) is 1. The summed E-state index contributed by atoms with van der Waals surface area (Å²) < 4.78 is 8.29. The van der Waals surface area contributed by atoms with Crippen molar-refractivity contribution in [2.45, 2.75) is 46.1 Å². The third-order valence-corrected chi connectivity index (χ3v) is 5.27. The maximum Gasteiger partial charge on any atom is 0.251 e. The predicted octanol–water partition coefficient (Wildman–Crippen LogP) is 4.65. The molecule has 1 amide bonds. The molecule has 0 aliphatic heterocycles. The Kier molecular flexibility index (Phi) is 7.46. The van der Waals surface area contributed by atoms with Gasteiger partial charge in [-0.1, -0.05) is 49.6 Å². The average molecular weight is 369 g/mol. The van der Waals surface area contributed by atoms with E-state index in [2.05, 4.69) is 18.8 Å². The van der Waals surface area contributed by atoms with Gasteiger partial charge in [-0.3, -0.25) is 4.79 Å². The summed E-state index contributed by atoms with van der Waals surface area (Å²) in [6.45, 7) is 5.45. The smallest absolute Gasteiger partial charge is 0.251 e. The lowest BCUT2D eigenvalue weighted by Gasteiger charge is -2.10. The molecule has 0 N–H and O–H groups in total. The van der Waals surface area contributed by atoms with Crippen LogP contribution >= 0.6 is 22.9 Å². The Morgan fingerprint density at radius 1 is 1.33 bits per heavy atom. The van der Waals surface area contributed by atoms with Gasteiger partial charge in [0.2, 0.25) is 0 Å². The quantitative estimate of drug-likeness (QED) is 0.680. The number of hydrogen-bond acceptors (Lipinski definition) is 3. The summed E-state index contributed by atoms with van der Waals surface area (Å²) in [6, 6.07) is 5.76. The maximum atomic E-state index is 12.6. The number of aromatic nitrogens is 1. The van der Waals surface area contributed by atoms with Gasteiger partial charge in [0.05, 0.1) is 16.8 Å². The summed E-state index contributed by atoms with van der Waals surface area (Å²) in [5, 5.41) is 0.690. The van der Waals surface area contributed by atoms with Crippen molar-refractivity contribution < 1.29 is 9.53 Å². The van der Waals surface area contributed by atoms with Gasteiger partial charge in [0.1, 0.15) is 0 Å². The van der Waals surface area contributed by atoms with E-state index in [9.17, 15) is 4.79 Å². The highest BCUT2D eigenvalue weighted by Crippen LogP contribution is 2.22. The molecule has 0 fully saturated rings. The molecule has 0 spiro atoms. The number of benzene rings is 1. The van der Waals surface area contributed by atoms with Crippen molar-refractivity contribution in [1.82, 2.24) is 4.57 Å². The monoisotopic (exact) mass is 368 g/mol. The van der Waals surface area contributed by atoms with Gasteiger partial charge < -0.3 is 9.30 Å². The van der Waals surface area contributed by atoms with Crippen molar-refractivity contribution in [3.63, 3.8) is 0 Å². The van der Waals surface area contributed by atoms with E-state index in [-0.39, 0.29) is 11.8 Å². The Hall–Kier alpha value is -1.17. The molecule has 0 saturated heterocycles. The molecule has 0 aliphatic rings. The number of carbonyl (C=O) groups excluding carboxylic acids is 1. The molecule has 0 atom stereocenters. The minimum absolute atomic E-state index is 0.0116. The molecule has 132 valence electrons. The molecule has 0 unspecified atom stereocenters.